The minimum atomic E-state index is 0.517. The predicted octanol–water partition coefficient (Wildman–Crippen LogP) is 4.27. The first-order valence-corrected chi connectivity index (χ1v) is 8.97. The molecule has 0 saturated carbocycles. The van der Waals surface area contributed by atoms with Gasteiger partial charge in [0.05, 0.1) is 13.2 Å². The van der Waals surface area contributed by atoms with E-state index in [1.54, 1.807) is 0 Å². The van der Waals surface area contributed by atoms with Gasteiger partial charge in [0.1, 0.15) is 12.4 Å². The number of nitrogens with one attached hydrogen (secondary N) is 1. The lowest BCUT2D eigenvalue weighted by Gasteiger charge is -2.14. The Morgan fingerprint density at radius 3 is 2.79 bits per heavy atom. The van der Waals surface area contributed by atoms with Crippen LogP contribution in [0.25, 0.3) is 0 Å². The van der Waals surface area contributed by atoms with E-state index in [-0.39, 0.29) is 0 Å². The van der Waals surface area contributed by atoms with E-state index in [1.807, 2.05) is 18.2 Å². The summed E-state index contributed by atoms with van der Waals surface area (Å²) in [6.07, 6.45) is 3.51. The quantitative estimate of drug-likeness (QED) is 0.699. The van der Waals surface area contributed by atoms with Gasteiger partial charge < -0.3 is 14.8 Å². The minimum Gasteiger partial charge on any atom is -0.491 e. The van der Waals surface area contributed by atoms with Crippen molar-refractivity contribution in [2.45, 2.75) is 38.8 Å². The summed E-state index contributed by atoms with van der Waals surface area (Å²) in [5, 5.41) is 3.62. The van der Waals surface area contributed by atoms with E-state index in [0.29, 0.717) is 25.9 Å². The molecular weight excluding hydrogens is 298 g/mol. The van der Waals surface area contributed by atoms with Crippen molar-refractivity contribution in [3.63, 3.8) is 0 Å². The molecular formula is C21H27NO2. The van der Waals surface area contributed by atoms with Crippen molar-refractivity contribution in [2.75, 3.05) is 19.8 Å². The van der Waals surface area contributed by atoms with Gasteiger partial charge in [0, 0.05) is 6.04 Å². The number of ether oxygens (including phenoxy) is 2. The minimum absolute atomic E-state index is 0.517. The van der Waals surface area contributed by atoms with Gasteiger partial charge in [-0.1, -0.05) is 43.3 Å². The third-order valence-electron chi connectivity index (χ3n) is 4.44. The lowest BCUT2D eigenvalue weighted by molar-refractivity contribution is 0.0889. The largest absolute Gasteiger partial charge is 0.491 e. The molecule has 128 valence electrons. The number of aryl methyl sites for hydroxylation is 1. The molecule has 3 rings (SSSR count). The van der Waals surface area contributed by atoms with Gasteiger partial charge in [-0.25, -0.2) is 0 Å². The van der Waals surface area contributed by atoms with Crippen molar-refractivity contribution >= 4 is 0 Å². The van der Waals surface area contributed by atoms with Crippen molar-refractivity contribution < 1.29 is 9.47 Å². The molecule has 2 aromatic carbocycles. The van der Waals surface area contributed by atoms with Crippen molar-refractivity contribution in [2.24, 2.45) is 0 Å². The van der Waals surface area contributed by atoms with Crippen LogP contribution in [0, 0.1) is 0 Å². The van der Waals surface area contributed by atoms with E-state index >= 15 is 0 Å². The first kappa shape index (κ1) is 17.0. The molecule has 0 spiro atoms. The van der Waals surface area contributed by atoms with Gasteiger partial charge in [-0.3, -0.25) is 0 Å². The Morgan fingerprint density at radius 1 is 1.08 bits per heavy atom. The van der Waals surface area contributed by atoms with E-state index < -0.39 is 0 Å². The topological polar surface area (TPSA) is 30.5 Å². The van der Waals surface area contributed by atoms with E-state index in [4.69, 9.17) is 9.47 Å². The second kappa shape index (κ2) is 8.86. The van der Waals surface area contributed by atoms with Gasteiger partial charge >= 0.3 is 0 Å². The van der Waals surface area contributed by atoms with Crippen molar-refractivity contribution in [3.05, 3.63) is 65.2 Å². The summed E-state index contributed by atoms with van der Waals surface area (Å²) in [7, 11) is 0. The summed E-state index contributed by atoms with van der Waals surface area (Å²) >= 11 is 0. The van der Waals surface area contributed by atoms with E-state index in [2.05, 4.69) is 42.6 Å². The van der Waals surface area contributed by atoms with Crippen LogP contribution in [-0.4, -0.2) is 19.8 Å². The van der Waals surface area contributed by atoms with Crippen molar-refractivity contribution in [1.29, 1.82) is 0 Å². The normalized spacial score (nSPS) is 16.1. The first-order chi connectivity index (χ1) is 11.9. The molecule has 0 fully saturated rings. The molecule has 1 aliphatic carbocycles. The molecule has 0 bridgehead atoms. The monoisotopic (exact) mass is 325 g/mol. The smallest absolute Gasteiger partial charge is 0.119 e. The average Bonchev–Trinajstić information content (AvgIpc) is 3.03. The fourth-order valence-electron chi connectivity index (χ4n) is 3.20. The number of hydrogen-bond acceptors (Lipinski definition) is 3. The molecule has 3 nitrogen and oxygen atoms in total. The maximum atomic E-state index is 5.84. The number of benzene rings is 2. The molecule has 3 heteroatoms. The average molecular weight is 325 g/mol. The summed E-state index contributed by atoms with van der Waals surface area (Å²) in [5.41, 5.74) is 4.06. The van der Waals surface area contributed by atoms with E-state index in [9.17, 15) is 0 Å². The van der Waals surface area contributed by atoms with Crippen molar-refractivity contribution in [1.82, 2.24) is 5.32 Å². The van der Waals surface area contributed by atoms with Gasteiger partial charge in [-0.15, -0.1) is 0 Å². The van der Waals surface area contributed by atoms with Gasteiger partial charge in [-0.2, -0.15) is 0 Å². The zero-order valence-electron chi connectivity index (χ0n) is 14.5. The Morgan fingerprint density at radius 2 is 1.96 bits per heavy atom. The van der Waals surface area contributed by atoms with Crippen LogP contribution < -0.4 is 10.1 Å². The molecule has 24 heavy (non-hydrogen) atoms. The molecule has 0 heterocycles. The fourth-order valence-corrected chi connectivity index (χ4v) is 3.20. The molecule has 1 aliphatic rings. The third-order valence-corrected chi connectivity index (χ3v) is 4.44. The fraction of sp³-hybridized carbons (Fsp3) is 0.429. The molecule has 1 unspecified atom stereocenters. The maximum Gasteiger partial charge on any atom is 0.119 e. The van der Waals surface area contributed by atoms with Gasteiger partial charge in [0.2, 0.25) is 0 Å². The van der Waals surface area contributed by atoms with Gasteiger partial charge in [0.25, 0.3) is 0 Å². The highest BCUT2D eigenvalue weighted by atomic mass is 16.5. The summed E-state index contributed by atoms with van der Waals surface area (Å²) in [6.45, 7) is 5.12. The standard InChI is InChI=1S/C21H27NO2/c1-2-12-22-21-11-8-18-15-19(9-10-20(18)21)24-14-13-23-16-17-6-4-3-5-7-17/h3-7,9-10,15,21-22H,2,8,11-14,16H2,1H3. The Kier molecular flexibility index (Phi) is 6.27. The molecule has 0 saturated heterocycles. The lowest BCUT2D eigenvalue weighted by Crippen LogP contribution is -2.19. The van der Waals surface area contributed by atoms with Crippen LogP contribution in [0.2, 0.25) is 0 Å². The zero-order valence-corrected chi connectivity index (χ0v) is 14.5. The Bertz CT molecular complexity index is 627. The van der Waals surface area contributed by atoms with Crippen LogP contribution >= 0.6 is 0 Å². The van der Waals surface area contributed by atoms with Crippen molar-refractivity contribution in [3.8, 4) is 5.75 Å². The van der Waals surface area contributed by atoms with Gasteiger partial charge in [-0.05, 0) is 54.6 Å². The summed E-state index contributed by atoms with van der Waals surface area (Å²) < 4.78 is 11.5. The molecule has 2 aromatic rings. The first-order valence-electron chi connectivity index (χ1n) is 8.97. The van der Waals surface area contributed by atoms with E-state index in [1.165, 1.54) is 29.5 Å². The molecule has 0 radical (unpaired) electrons. The highest BCUT2D eigenvalue weighted by Gasteiger charge is 2.21. The highest BCUT2D eigenvalue weighted by Crippen LogP contribution is 2.33. The summed E-state index contributed by atoms with van der Waals surface area (Å²) in [4.78, 5) is 0. The predicted molar refractivity (Wildman–Crippen MR) is 97.4 cm³/mol. The van der Waals surface area contributed by atoms with Crippen LogP contribution in [-0.2, 0) is 17.8 Å². The molecule has 1 N–H and O–H groups in total. The number of hydrogen-bond donors (Lipinski definition) is 1. The number of rotatable bonds is 9. The Hall–Kier alpha value is -1.84. The SMILES string of the molecule is CCCNC1CCc2cc(OCCOCc3ccccc3)ccc21. The summed E-state index contributed by atoms with van der Waals surface area (Å²) in [5.74, 6) is 0.952. The van der Waals surface area contributed by atoms with Crippen LogP contribution in [0.4, 0.5) is 0 Å². The lowest BCUT2D eigenvalue weighted by atomic mass is 10.1. The third kappa shape index (κ3) is 4.59. The molecule has 0 aromatic heterocycles. The zero-order chi connectivity index (χ0) is 16.6. The molecule has 0 amide bonds. The molecule has 1 atom stereocenters. The summed E-state index contributed by atoms with van der Waals surface area (Å²) in [6, 6.07) is 17.2. The second-order valence-corrected chi connectivity index (χ2v) is 6.29. The number of fused-ring (bicyclic) bond motifs is 1. The van der Waals surface area contributed by atoms with E-state index in [0.717, 1.165) is 18.7 Å². The Balaban J connectivity index is 1.42. The van der Waals surface area contributed by atoms with Gasteiger partial charge in [0.15, 0.2) is 0 Å². The van der Waals surface area contributed by atoms with Crippen LogP contribution in [0.5, 0.6) is 5.75 Å². The van der Waals surface area contributed by atoms with Crippen LogP contribution in [0.15, 0.2) is 48.5 Å². The molecule has 0 aliphatic heterocycles. The van der Waals surface area contributed by atoms with Crippen LogP contribution in [0.1, 0.15) is 42.5 Å². The second-order valence-electron chi connectivity index (χ2n) is 6.29. The highest BCUT2D eigenvalue weighted by molar-refractivity contribution is 5.40. The Labute approximate surface area is 145 Å². The van der Waals surface area contributed by atoms with Crippen LogP contribution in [0.3, 0.4) is 0 Å². The maximum absolute atomic E-state index is 5.84.